The summed E-state index contributed by atoms with van der Waals surface area (Å²) in [7, 11) is 0. The van der Waals surface area contributed by atoms with Crippen molar-refractivity contribution in [2.45, 2.75) is 38.8 Å². The smallest absolute Gasteiger partial charge is 0.413 e. The fourth-order valence-corrected chi connectivity index (χ4v) is 4.32. The molecule has 0 saturated carbocycles. The number of carbonyl (C=O) groups excluding carboxylic acids is 1. The standard InChI is InChI=1S/C27H27FN2O6/c1-25(2,3)36-24(32)29-22-12-33-15-27(30-22)18-11-17(31)5-6-21(18)35-23-19(27)9-16(10-20(23)28)7-8-26(4)13-34-14-26/h5-6,9-11,31H,12-15H2,1-4H3,(H,29,30,32)/t27-/m0/s1. The molecule has 0 aromatic heterocycles. The number of ether oxygens (including phenoxy) is 4. The molecule has 5 rings (SSSR count). The summed E-state index contributed by atoms with van der Waals surface area (Å²) in [5, 5.41) is 12.9. The lowest BCUT2D eigenvalue weighted by Gasteiger charge is -2.40. The third kappa shape index (κ3) is 4.50. The summed E-state index contributed by atoms with van der Waals surface area (Å²) in [4.78, 5) is 17.3. The highest BCUT2D eigenvalue weighted by Gasteiger charge is 2.46. The maximum Gasteiger partial charge on any atom is 0.413 e. The van der Waals surface area contributed by atoms with Gasteiger partial charge in [0.15, 0.2) is 11.6 Å². The van der Waals surface area contributed by atoms with E-state index >= 15 is 4.39 Å². The normalized spacial score (nSPS) is 21.5. The summed E-state index contributed by atoms with van der Waals surface area (Å²) < 4.78 is 37.8. The Morgan fingerprint density at radius 2 is 1.94 bits per heavy atom. The molecule has 36 heavy (non-hydrogen) atoms. The van der Waals surface area contributed by atoms with Gasteiger partial charge in [0, 0.05) is 16.7 Å². The lowest BCUT2D eigenvalue weighted by Crippen LogP contribution is -2.46. The number of benzene rings is 2. The van der Waals surface area contributed by atoms with Gasteiger partial charge in [-0.2, -0.15) is 0 Å². The largest absolute Gasteiger partial charge is 0.508 e. The van der Waals surface area contributed by atoms with Crippen molar-refractivity contribution in [2.24, 2.45) is 10.4 Å². The number of nitrogens with zero attached hydrogens (tertiary/aromatic N) is 1. The first kappa shape index (κ1) is 24.1. The summed E-state index contributed by atoms with van der Waals surface area (Å²) in [5.74, 6) is 6.10. The van der Waals surface area contributed by atoms with E-state index in [4.69, 9.17) is 23.9 Å². The maximum absolute atomic E-state index is 15.4. The minimum absolute atomic E-state index is 0.0113. The van der Waals surface area contributed by atoms with Gasteiger partial charge in [-0.3, -0.25) is 10.3 Å². The number of hydrogen-bond acceptors (Lipinski definition) is 7. The third-order valence-electron chi connectivity index (χ3n) is 5.98. The van der Waals surface area contributed by atoms with Crippen LogP contribution < -0.4 is 10.1 Å². The number of amides is 1. The monoisotopic (exact) mass is 494 g/mol. The summed E-state index contributed by atoms with van der Waals surface area (Å²) in [6, 6.07) is 7.53. The van der Waals surface area contributed by atoms with Crippen LogP contribution in [0, 0.1) is 23.1 Å². The molecule has 1 fully saturated rings. The lowest BCUT2D eigenvalue weighted by atomic mass is 9.79. The molecule has 0 bridgehead atoms. The predicted molar refractivity (Wildman–Crippen MR) is 129 cm³/mol. The molecular weight excluding hydrogens is 467 g/mol. The van der Waals surface area contributed by atoms with Crippen LogP contribution in [0.15, 0.2) is 35.3 Å². The van der Waals surface area contributed by atoms with Crippen LogP contribution in [0.2, 0.25) is 0 Å². The minimum atomic E-state index is -1.30. The number of alkyl carbamates (subject to hydrolysis) is 1. The van der Waals surface area contributed by atoms with Gasteiger partial charge < -0.3 is 24.1 Å². The van der Waals surface area contributed by atoms with Gasteiger partial charge in [0.25, 0.3) is 0 Å². The van der Waals surface area contributed by atoms with Crippen LogP contribution >= 0.6 is 0 Å². The number of rotatable bonds is 0. The van der Waals surface area contributed by atoms with Gasteiger partial charge in [-0.15, -0.1) is 0 Å². The lowest BCUT2D eigenvalue weighted by molar-refractivity contribution is -0.0648. The zero-order chi connectivity index (χ0) is 25.7. The van der Waals surface area contributed by atoms with Crippen molar-refractivity contribution in [2.75, 3.05) is 26.4 Å². The molecule has 0 radical (unpaired) electrons. The van der Waals surface area contributed by atoms with E-state index in [9.17, 15) is 9.90 Å². The van der Waals surface area contributed by atoms with Crippen molar-refractivity contribution in [1.29, 1.82) is 0 Å². The van der Waals surface area contributed by atoms with Crippen molar-refractivity contribution in [3.05, 3.63) is 52.8 Å². The van der Waals surface area contributed by atoms with E-state index in [-0.39, 0.29) is 36.0 Å². The van der Waals surface area contributed by atoms with Crippen LogP contribution in [0.4, 0.5) is 9.18 Å². The average Bonchev–Trinajstić information content (AvgIpc) is 2.77. The van der Waals surface area contributed by atoms with E-state index in [2.05, 4.69) is 17.2 Å². The minimum Gasteiger partial charge on any atom is -0.508 e. The molecule has 188 valence electrons. The zero-order valence-electron chi connectivity index (χ0n) is 20.5. The van der Waals surface area contributed by atoms with Gasteiger partial charge in [-0.1, -0.05) is 11.8 Å². The molecule has 3 aliphatic heterocycles. The van der Waals surface area contributed by atoms with Gasteiger partial charge in [0.05, 0.1) is 25.2 Å². The Kier molecular flexibility index (Phi) is 5.69. The van der Waals surface area contributed by atoms with E-state index in [0.29, 0.717) is 35.7 Å². The van der Waals surface area contributed by atoms with Gasteiger partial charge in [-0.05, 0) is 58.0 Å². The number of phenols is 1. The van der Waals surface area contributed by atoms with Gasteiger partial charge in [0.2, 0.25) is 0 Å². The Morgan fingerprint density at radius 3 is 2.64 bits per heavy atom. The first-order valence-corrected chi connectivity index (χ1v) is 11.6. The number of nitrogens with one attached hydrogen (secondary N) is 1. The summed E-state index contributed by atoms with van der Waals surface area (Å²) in [5.41, 5.74) is -0.999. The van der Waals surface area contributed by atoms with E-state index in [1.807, 2.05) is 6.92 Å². The van der Waals surface area contributed by atoms with E-state index in [1.54, 1.807) is 32.9 Å². The molecule has 1 saturated heterocycles. The van der Waals surface area contributed by atoms with Gasteiger partial charge >= 0.3 is 6.09 Å². The number of amidine groups is 1. The topological polar surface area (TPSA) is 98.6 Å². The fourth-order valence-electron chi connectivity index (χ4n) is 4.32. The second-order valence-electron chi connectivity index (χ2n) is 10.5. The second-order valence-corrected chi connectivity index (χ2v) is 10.5. The van der Waals surface area contributed by atoms with E-state index < -0.39 is 23.1 Å². The quantitative estimate of drug-likeness (QED) is 0.532. The Labute approximate surface area is 208 Å². The van der Waals surface area contributed by atoms with Crippen LogP contribution in [-0.4, -0.2) is 49.1 Å². The molecule has 2 aromatic rings. The van der Waals surface area contributed by atoms with Crippen LogP contribution in [0.5, 0.6) is 17.2 Å². The average molecular weight is 495 g/mol. The molecule has 0 aliphatic carbocycles. The SMILES string of the molecule is CC1(C#Cc2cc(F)c3c(c2)[C@]2(COCC(NC(=O)OC(C)(C)C)=N2)c2cc(O)ccc2O3)COC1. The van der Waals surface area contributed by atoms with Crippen LogP contribution in [0.3, 0.4) is 0 Å². The highest BCUT2D eigenvalue weighted by molar-refractivity contribution is 5.97. The van der Waals surface area contributed by atoms with Gasteiger partial charge in [0.1, 0.15) is 35.1 Å². The molecule has 8 nitrogen and oxygen atoms in total. The number of fused-ring (bicyclic) bond motifs is 4. The van der Waals surface area contributed by atoms with E-state index in [0.717, 1.165) is 0 Å². The molecule has 2 aromatic carbocycles. The summed E-state index contributed by atoms with van der Waals surface area (Å²) in [6.45, 7) is 8.33. The molecule has 1 spiro atoms. The number of hydrogen-bond donors (Lipinski definition) is 2. The number of carbonyl (C=O) groups is 1. The second kappa shape index (κ2) is 8.50. The molecule has 1 atom stereocenters. The molecule has 9 heteroatoms. The van der Waals surface area contributed by atoms with Crippen LogP contribution in [0.1, 0.15) is 44.4 Å². The highest BCUT2D eigenvalue weighted by Crippen LogP contribution is 2.52. The number of aliphatic imine (C=N–C) groups is 1. The first-order chi connectivity index (χ1) is 17.0. The number of phenolic OH excluding ortho intramolecular Hbond substituents is 1. The Morgan fingerprint density at radius 1 is 1.17 bits per heavy atom. The summed E-state index contributed by atoms with van der Waals surface area (Å²) >= 11 is 0. The third-order valence-corrected chi connectivity index (χ3v) is 5.98. The van der Waals surface area contributed by atoms with Crippen molar-refractivity contribution in [3.8, 4) is 29.1 Å². The van der Waals surface area contributed by atoms with Crippen molar-refractivity contribution in [1.82, 2.24) is 5.32 Å². The zero-order valence-corrected chi connectivity index (χ0v) is 20.5. The summed E-state index contributed by atoms with van der Waals surface area (Å²) in [6.07, 6.45) is -0.688. The Hall–Kier alpha value is -3.61. The molecule has 2 N–H and O–H groups in total. The predicted octanol–water partition coefficient (Wildman–Crippen LogP) is 4.22. The maximum atomic E-state index is 15.4. The molecule has 0 unspecified atom stereocenters. The molecule has 3 aliphatic rings. The first-order valence-electron chi connectivity index (χ1n) is 11.6. The van der Waals surface area contributed by atoms with Crippen LogP contribution in [0.25, 0.3) is 0 Å². The molecule has 1 amide bonds. The number of aromatic hydroxyl groups is 1. The van der Waals surface area contributed by atoms with Crippen molar-refractivity contribution < 1.29 is 33.2 Å². The highest BCUT2D eigenvalue weighted by atomic mass is 19.1. The van der Waals surface area contributed by atoms with Gasteiger partial charge in [-0.25, -0.2) is 9.18 Å². The van der Waals surface area contributed by atoms with Crippen molar-refractivity contribution >= 4 is 11.9 Å². The molecule has 3 heterocycles. The fraction of sp³-hybridized carbons (Fsp3) is 0.407. The number of halogens is 1. The molecular formula is C27H27FN2O6. The van der Waals surface area contributed by atoms with Crippen LogP contribution in [-0.2, 0) is 19.7 Å². The van der Waals surface area contributed by atoms with E-state index in [1.165, 1.54) is 18.2 Å². The van der Waals surface area contributed by atoms with Crippen molar-refractivity contribution in [3.63, 3.8) is 0 Å². The Bertz CT molecular complexity index is 1330. The Balaban J connectivity index is 1.63.